The second-order valence-corrected chi connectivity index (χ2v) is 4.77. The van der Waals surface area contributed by atoms with E-state index in [0.29, 0.717) is 10.8 Å². The van der Waals surface area contributed by atoms with Gasteiger partial charge in [-0.3, -0.25) is 0 Å². The van der Waals surface area contributed by atoms with Gasteiger partial charge < -0.3 is 9.84 Å². The highest BCUT2D eigenvalue weighted by atomic mass is 35.5. The lowest BCUT2D eigenvalue weighted by atomic mass is 10.1. The van der Waals surface area contributed by atoms with Gasteiger partial charge in [0.2, 0.25) is 5.88 Å². The van der Waals surface area contributed by atoms with Crippen molar-refractivity contribution < 1.29 is 14.6 Å². The number of benzene rings is 2. The number of nitrogens with zero attached hydrogens (tertiary/aromatic N) is 1. The molecule has 4 nitrogen and oxygen atoms in total. The molecule has 0 aliphatic rings. The van der Waals surface area contributed by atoms with Gasteiger partial charge in [0.15, 0.2) is 5.69 Å². The number of hydrogen-bond donors (Lipinski definition) is 1. The second kappa shape index (κ2) is 5.42. The number of fused-ring (bicyclic) bond motifs is 1. The third-order valence-corrected chi connectivity index (χ3v) is 3.32. The molecule has 1 heterocycles. The monoisotopic (exact) mass is 299 g/mol. The molecular weight excluding hydrogens is 290 g/mol. The second-order valence-electron chi connectivity index (χ2n) is 4.36. The van der Waals surface area contributed by atoms with Crippen molar-refractivity contribution in [2.24, 2.45) is 0 Å². The Morgan fingerprint density at radius 3 is 2.52 bits per heavy atom. The number of pyridine rings is 1. The van der Waals surface area contributed by atoms with E-state index in [1.165, 1.54) is 6.07 Å². The Kier molecular flexibility index (Phi) is 3.46. The number of ether oxygens (including phenoxy) is 1. The van der Waals surface area contributed by atoms with Gasteiger partial charge in [-0.15, -0.1) is 0 Å². The summed E-state index contributed by atoms with van der Waals surface area (Å²) in [4.78, 5) is 14.9. The first-order valence-electron chi connectivity index (χ1n) is 6.20. The molecular formula is C16H10ClNO3. The van der Waals surface area contributed by atoms with E-state index >= 15 is 0 Å². The smallest absolute Gasteiger partial charge is 0.354 e. The zero-order valence-corrected chi connectivity index (χ0v) is 11.5. The van der Waals surface area contributed by atoms with Gasteiger partial charge >= 0.3 is 5.97 Å². The summed E-state index contributed by atoms with van der Waals surface area (Å²) in [6.07, 6.45) is 0. The molecule has 0 atom stereocenters. The summed E-state index contributed by atoms with van der Waals surface area (Å²) >= 11 is 6.15. The third kappa shape index (κ3) is 2.66. The highest BCUT2D eigenvalue weighted by molar-refractivity contribution is 6.35. The SMILES string of the molecule is O=C(O)c1cccc(Oc2ccc(Cl)c3ccccc23)n1. The zero-order chi connectivity index (χ0) is 14.8. The Morgan fingerprint density at radius 2 is 1.76 bits per heavy atom. The van der Waals surface area contributed by atoms with Crippen LogP contribution in [0.4, 0.5) is 0 Å². The van der Waals surface area contributed by atoms with Gasteiger partial charge in [-0.1, -0.05) is 41.9 Å². The van der Waals surface area contributed by atoms with E-state index in [0.717, 1.165) is 10.8 Å². The van der Waals surface area contributed by atoms with Crippen LogP contribution in [0.1, 0.15) is 10.5 Å². The van der Waals surface area contributed by atoms with Crippen LogP contribution in [0.5, 0.6) is 11.6 Å². The van der Waals surface area contributed by atoms with Gasteiger partial charge in [0.1, 0.15) is 5.75 Å². The molecule has 2 aromatic carbocycles. The first kappa shape index (κ1) is 13.4. The highest BCUT2D eigenvalue weighted by Crippen LogP contribution is 2.33. The van der Waals surface area contributed by atoms with Crippen molar-refractivity contribution in [2.75, 3.05) is 0 Å². The molecule has 0 aliphatic carbocycles. The molecule has 104 valence electrons. The first-order chi connectivity index (χ1) is 10.1. The van der Waals surface area contributed by atoms with E-state index in [1.54, 1.807) is 24.3 Å². The number of aromatic nitrogens is 1. The number of hydrogen-bond acceptors (Lipinski definition) is 3. The normalized spacial score (nSPS) is 10.5. The minimum absolute atomic E-state index is 0.0641. The van der Waals surface area contributed by atoms with E-state index in [1.807, 2.05) is 24.3 Å². The van der Waals surface area contributed by atoms with E-state index in [4.69, 9.17) is 21.4 Å². The molecule has 1 aromatic heterocycles. The third-order valence-electron chi connectivity index (χ3n) is 2.99. The molecule has 0 spiro atoms. The fourth-order valence-corrected chi connectivity index (χ4v) is 2.25. The molecule has 0 radical (unpaired) electrons. The Labute approximate surface area is 125 Å². The van der Waals surface area contributed by atoms with E-state index in [2.05, 4.69) is 4.98 Å². The maximum atomic E-state index is 10.9. The molecule has 21 heavy (non-hydrogen) atoms. The van der Waals surface area contributed by atoms with Crippen LogP contribution in [0, 0.1) is 0 Å². The zero-order valence-electron chi connectivity index (χ0n) is 10.8. The van der Waals surface area contributed by atoms with Crippen molar-refractivity contribution in [3.05, 3.63) is 65.3 Å². The van der Waals surface area contributed by atoms with E-state index in [-0.39, 0.29) is 11.6 Å². The molecule has 0 saturated heterocycles. The Hall–Kier alpha value is -2.59. The van der Waals surface area contributed by atoms with Crippen LogP contribution in [0.25, 0.3) is 10.8 Å². The summed E-state index contributed by atoms with van der Waals surface area (Å²) in [5.41, 5.74) is -0.0641. The van der Waals surface area contributed by atoms with Crippen LogP contribution in [-0.4, -0.2) is 16.1 Å². The predicted molar refractivity (Wildman–Crippen MR) is 80.2 cm³/mol. The molecule has 5 heteroatoms. The van der Waals surface area contributed by atoms with Crippen molar-refractivity contribution in [3.8, 4) is 11.6 Å². The molecule has 3 aromatic rings. The van der Waals surface area contributed by atoms with Gasteiger partial charge in [-0.05, 0) is 18.2 Å². The summed E-state index contributed by atoms with van der Waals surface area (Å²) in [7, 11) is 0. The molecule has 1 N–H and O–H groups in total. The minimum atomic E-state index is -1.10. The maximum Gasteiger partial charge on any atom is 0.354 e. The number of rotatable bonds is 3. The first-order valence-corrected chi connectivity index (χ1v) is 6.58. The molecule has 0 saturated carbocycles. The van der Waals surface area contributed by atoms with Crippen molar-refractivity contribution in [2.45, 2.75) is 0 Å². The number of aromatic carboxylic acids is 1. The maximum absolute atomic E-state index is 10.9. The summed E-state index contributed by atoms with van der Waals surface area (Å²) in [5.74, 6) is -0.297. The van der Waals surface area contributed by atoms with Crippen molar-refractivity contribution in [1.82, 2.24) is 4.98 Å². The quantitative estimate of drug-likeness (QED) is 0.779. The topological polar surface area (TPSA) is 59.4 Å². The number of carboxylic acids is 1. The summed E-state index contributed by atoms with van der Waals surface area (Å²) in [6.45, 7) is 0. The van der Waals surface area contributed by atoms with Crippen molar-refractivity contribution in [1.29, 1.82) is 0 Å². The van der Waals surface area contributed by atoms with Gasteiger partial charge in [-0.2, -0.15) is 0 Å². The van der Waals surface area contributed by atoms with Crippen LogP contribution in [-0.2, 0) is 0 Å². The Bertz CT molecular complexity index is 833. The lowest BCUT2D eigenvalue weighted by molar-refractivity contribution is 0.0689. The lowest BCUT2D eigenvalue weighted by Gasteiger charge is -2.09. The lowest BCUT2D eigenvalue weighted by Crippen LogP contribution is -2.00. The van der Waals surface area contributed by atoms with Crippen LogP contribution < -0.4 is 4.74 Å². The molecule has 3 rings (SSSR count). The van der Waals surface area contributed by atoms with E-state index in [9.17, 15) is 4.79 Å². The summed E-state index contributed by atoms with van der Waals surface area (Å²) in [5, 5.41) is 11.3. The van der Waals surface area contributed by atoms with E-state index < -0.39 is 5.97 Å². The highest BCUT2D eigenvalue weighted by Gasteiger charge is 2.09. The van der Waals surface area contributed by atoms with Crippen LogP contribution >= 0.6 is 11.6 Å². The van der Waals surface area contributed by atoms with Crippen LogP contribution in [0.2, 0.25) is 5.02 Å². The van der Waals surface area contributed by atoms with Crippen molar-refractivity contribution >= 4 is 28.3 Å². The minimum Gasteiger partial charge on any atom is -0.477 e. The average Bonchev–Trinajstić information content (AvgIpc) is 2.51. The summed E-state index contributed by atoms with van der Waals surface area (Å²) < 4.78 is 5.70. The standard InChI is InChI=1S/C16H10ClNO3/c17-12-8-9-14(11-5-2-1-4-10(11)12)21-15-7-3-6-13(18-15)16(19)20/h1-9H,(H,19,20). The number of carboxylic acid groups (broad SMARTS) is 1. The predicted octanol–water partition coefficient (Wildman–Crippen LogP) is 4.38. The Morgan fingerprint density at radius 1 is 1.00 bits per heavy atom. The number of halogens is 1. The van der Waals surface area contributed by atoms with Gasteiger partial charge in [-0.25, -0.2) is 9.78 Å². The largest absolute Gasteiger partial charge is 0.477 e. The van der Waals surface area contributed by atoms with Crippen molar-refractivity contribution in [3.63, 3.8) is 0 Å². The van der Waals surface area contributed by atoms with Gasteiger partial charge in [0, 0.05) is 21.9 Å². The average molecular weight is 300 g/mol. The van der Waals surface area contributed by atoms with Crippen LogP contribution in [0.15, 0.2) is 54.6 Å². The van der Waals surface area contributed by atoms with Crippen LogP contribution in [0.3, 0.4) is 0 Å². The summed E-state index contributed by atoms with van der Waals surface area (Å²) in [6, 6.07) is 15.6. The fraction of sp³-hybridized carbons (Fsp3) is 0. The molecule has 0 unspecified atom stereocenters. The number of carbonyl (C=O) groups is 1. The van der Waals surface area contributed by atoms with Gasteiger partial charge in [0.25, 0.3) is 0 Å². The van der Waals surface area contributed by atoms with Gasteiger partial charge in [0.05, 0.1) is 0 Å². The molecule has 0 bridgehead atoms. The fourth-order valence-electron chi connectivity index (χ4n) is 2.03. The molecule has 0 aliphatic heterocycles. The molecule has 0 fully saturated rings. The Balaban J connectivity index is 2.04. The molecule has 0 amide bonds.